The third kappa shape index (κ3) is 2.89. The Labute approximate surface area is 104 Å². The number of carbonyl (C=O) groups is 2. The van der Waals surface area contributed by atoms with E-state index in [1.54, 1.807) is 0 Å². The minimum Gasteiger partial charge on any atom is -0.368 e. The number of piperazine rings is 1. The van der Waals surface area contributed by atoms with Gasteiger partial charge in [0.1, 0.15) is 5.82 Å². The Morgan fingerprint density at radius 3 is 2.32 bits per heavy atom. The number of anilines is 2. The fourth-order valence-corrected chi connectivity index (χ4v) is 1.56. The smallest absolute Gasteiger partial charge is 0.368 e. The highest BCUT2D eigenvalue weighted by molar-refractivity contribution is 6.02. The van der Waals surface area contributed by atoms with Crippen molar-refractivity contribution in [1.29, 1.82) is 0 Å². The number of rotatable bonds is 1. The molecule has 1 saturated heterocycles. The van der Waals surface area contributed by atoms with E-state index in [9.17, 15) is 22.8 Å². The Kier molecular flexibility index (Phi) is 3.00. The van der Waals surface area contributed by atoms with Crippen molar-refractivity contribution in [2.45, 2.75) is 6.18 Å². The number of halogens is 3. The Hall–Kier alpha value is -2.39. The second kappa shape index (κ2) is 4.37. The van der Waals surface area contributed by atoms with E-state index in [2.05, 4.69) is 9.97 Å². The number of nitrogen functional groups attached to an aromatic ring is 1. The highest BCUT2D eigenvalue weighted by Crippen LogP contribution is 2.30. The van der Waals surface area contributed by atoms with E-state index in [4.69, 9.17) is 5.73 Å². The van der Waals surface area contributed by atoms with Gasteiger partial charge < -0.3 is 10.6 Å². The van der Waals surface area contributed by atoms with Gasteiger partial charge >= 0.3 is 6.18 Å². The first-order valence-corrected chi connectivity index (χ1v) is 5.05. The predicted octanol–water partition coefficient (Wildman–Crippen LogP) is -0.460. The average Bonchev–Trinajstić information content (AvgIpc) is 2.25. The second-order valence-electron chi connectivity index (χ2n) is 3.79. The Bertz CT molecular complexity index is 529. The van der Waals surface area contributed by atoms with Gasteiger partial charge in [0, 0.05) is 6.07 Å². The largest absolute Gasteiger partial charge is 0.433 e. The molecule has 0 aromatic carbocycles. The molecule has 0 spiro atoms. The molecule has 2 amide bonds. The molecule has 0 bridgehead atoms. The highest BCUT2D eigenvalue weighted by atomic mass is 19.4. The fourth-order valence-electron chi connectivity index (χ4n) is 1.56. The topological polar surface area (TPSA) is 101 Å². The summed E-state index contributed by atoms with van der Waals surface area (Å²) in [6.45, 7) is -0.557. The Morgan fingerprint density at radius 1 is 1.21 bits per heavy atom. The zero-order valence-electron chi connectivity index (χ0n) is 9.36. The molecule has 0 aliphatic carbocycles. The lowest BCUT2D eigenvalue weighted by Gasteiger charge is -2.26. The van der Waals surface area contributed by atoms with Crippen LogP contribution in [0.3, 0.4) is 0 Å². The quantitative estimate of drug-likeness (QED) is 0.672. The number of hydrogen-bond donors (Lipinski definition) is 2. The van der Waals surface area contributed by atoms with Crippen molar-refractivity contribution in [3.05, 3.63) is 11.8 Å². The molecule has 102 valence electrons. The monoisotopic (exact) mass is 275 g/mol. The third-order valence-electron chi connectivity index (χ3n) is 2.29. The van der Waals surface area contributed by atoms with E-state index in [1.165, 1.54) is 0 Å². The second-order valence-corrected chi connectivity index (χ2v) is 3.79. The van der Waals surface area contributed by atoms with Gasteiger partial charge in [0.2, 0.25) is 17.8 Å². The van der Waals surface area contributed by atoms with Crippen LogP contribution in [0.1, 0.15) is 5.69 Å². The molecule has 0 atom stereocenters. The fraction of sp³-hybridized carbons (Fsp3) is 0.333. The molecule has 0 saturated carbocycles. The van der Waals surface area contributed by atoms with Gasteiger partial charge in [-0.1, -0.05) is 0 Å². The number of alkyl halides is 3. The molecule has 0 unspecified atom stereocenters. The van der Waals surface area contributed by atoms with Crippen LogP contribution in [-0.2, 0) is 15.8 Å². The summed E-state index contributed by atoms with van der Waals surface area (Å²) in [5.74, 6) is -2.05. The van der Waals surface area contributed by atoms with Crippen LogP contribution in [0, 0.1) is 0 Å². The van der Waals surface area contributed by atoms with Crippen molar-refractivity contribution in [1.82, 2.24) is 15.3 Å². The number of nitrogens with one attached hydrogen (secondary N) is 1. The van der Waals surface area contributed by atoms with E-state index in [0.29, 0.717) is 6.07 Å². The van der Waals surface area contributed by atoms with Gasteiger partial charge in [0.05, 0.1) is 13.1 Å². The number of amides is 2. The summed E-state index contributed by atoms with van der Waals surface area (Å²) in [5.41, 5.74) is 3.97. The lowest BCUT2D eigenvalue weighted by atomic mass is 10.3. The molecule has 3 N–H and O–H groups in total. The zero-order valence-corrected chi connectivity index (χ0v) is 9.36. The summed E-state index contributed by atoms with van der Waals surface area (Å²) in [7, 11) is 0. The molecular formula is C9H8F3N5O2. The number of nitrogens with two attached hydrogens (primary N) is 1. The van der Waals surface area contributed by atoms with Gasteiger partial charge in [-0.15, -0.1) is 0 Å². The number of imide groups is 1. The lowest BCUT2D eigenvalue weighted by molar-refractivity contribution is -0.141. The standard InChI is InChI=1S/C9H8F3N5O2/c10-9(11,12)4-1-5(15-8(13)14-4)17-2-6(18)16-7(19)3-17/h1H,2-3H2,(H2,13,14,15)(H,16,18,19). The third-order valence-corrected chi connectivity index (χ3v) is 2.29. The summed E-state index contributed by atoms with van der Waals surface area (Å²) in [5, 5.41) is 2.02. The van der Waals surface area contributed by atoms with Gasteiger partial charge in [-0.25, -0.2) is 4.98 Å². The van der Waals surface area contributed by atoms with Crippen molar-refractivity contribution >= 4 is 23.6 Å². The summed E-state index contributed by atoms with van der Waals surface area (Å²) in [6.07, 6.45) is -4.69. The van der Waals surface area contributed by atoms with E-state index in [-0.39, 0.29) is 18.9 Å². The van der Waals surface area contributed by atoms with Crippen LogP contribution in [0.15, 0.2) is 6.07 Å². The van der Waals surface area contributed by atoms with E-state index in [0.717, 1.165) is 4.90 Å². The van der Waals surface area contributed by atoms with Crippen LogP contribution in [0.5, 0.6) is 0 Å². The summed E-state index contributed by atoms with van der Waals surface area (Å²) < 4.78 is 37.7. The van der Waals surface area contributed by atoms with Crippen LogP contribution in [0.25, 0.3) is 0 Å². The van der Waals surface area contributed by atoms with Gasteiger partial charge in [0.25, 0.3) is 0 Å². The Morgan fingerprint density at radius 2 is 1.79 bits per heavy atom. The molecule has 1 aliphatic heterocycles. The molecule has 19 heavy (non-hydrogen) atoms. The molecule has 2 rings (SSSR count). The first kappa shape index (κ1) is 13.1. The Balaban J connectivity index is 2.37. The number of hydrogen-bond acceptors (Lipinski definition) is 6. The highest BCUT2D eigenvalue weighted by Gasteiger charge is 2.34. The van der Waals surface area contributed by atoms with Gasteiger partial charge in [-0.3, -0.25) is 14.9 Å². The SMILES string of the molecule is Nc1nc(N2CC(=O)NC(=O)C2)cc(C(F)(F)F)n1. The van der Waals surface area contributed by atoms with E-state index >= 15 is 0 Å². The number of carbonyl (C=O) groups excluding carboxylic acids is 2. The molecule has 0 radical (unpaired) electrons. The molecule has 2 heterocycles. The average molecular weight is 275 g/mol. The summed E-state index contributed by atoms with van der Waals surface area (Å²) >= 11 is 0. The minimum atomic E-state index is -4.69. The van der Waals surface area contributed by atoms with Crippen LogP contribution < -0.4 is 16.0 Å². The lowest BCUT2D eigenvalue weighted by Crippen LogP contribution is -2.51. The van der Waals surface area contributed by atoms with Gasteiger partial charge in [-0.2, -0.15) is 18.2 Å². The summed E-state index contributed by atoms with van der Waals surface area (Å²) in [6, 6.07) is 0.641. The molecule has 1 aromatic heterocycles. The normalized spacial score (nSPS) is 16.5. The van der Waals surface area contributed by atoms with E-state index < -0.39 is 29.6 Å². The van der Waals surface area contributed by atoms with Crippen LogP contribution in [0.2, 0.25) is 0 Å². The predicted molar refractivity (Wildman–Crippen MR) is 56.8 cm³/mol. The molecule has 10 heteroatoms. The minimum absolute atomic E-state index is 0.219. The molecule has 1 fully saturated rings. The van der Waals surface area contributed by atoms with Crippen molar-refractivity contribution in [3.8, 4) is 0 Å². The maximum Gasteiger partial charge on any atom is 0.433 e. The molecule has 7 nitrogen and oxygen atoms in total. The first-order valence-electron chi connectivity index (χ1n) is 5.05. The molecular weight excluding hydrogens is 267 g/mol. The van der Waals surface area contributed by atoms with Crippen molar-refractivity contribution in [3.63, 3.8) is 0 Å². The van der Waals surface area contributed by atoms with Crippen molar-refractivity contribution < 1.29 is 22.8 Å². The number of aromatic nitrogens is 2. The van der Waals surface area contributed by atoms with Crippen molar-refractivity contribution in [2.75, 3.05) is 23.7 Å². The number of nitrogens with zero attached hydrogens (tertiary/aromatic N) is 3. The maximum absolute atomic E-state index is 12.6. The molecule has 1 aromatic rings. The van der Waals surface area contributed by atoms with Crippen molar-refractivity contribution in [2.24, 2.45) is 0 Å². The van der Waals surface area contributed by atoms with E-state index in [1.807, 2.05) is 5.32 Å². The maximum atomic E-state index is 12.6. The van der Waals surface area contributed by atoms with Crippen LogP contribution in [-0.4, -0.2) is 34.9 Å². The van der Waals surface area contributed by atoms with Crippen LogP contribution in [0.4, 0.5) is 24.9 Å². The van der Waals surface area contributed by atoms with Gasteiger partial charge in [0.15, 0.2) is 5.69 Å². The zero-order chi connectivity index (χ0) is 14.2. The summed E-state index contributed by atoms with van der Waals surface area (Å²) in [4.78, 5) is 30.1. The first-order chi connectivity index (χ1) is 8.75. The van der Waals surface area contributed by atoms with Crippen LogP contribution >= 0.6 is 0 Å². The molecule has 1 aliphatic rings. The van der Waals surface area contributed by atoms with Gasteiger partial charge in [-0.05, 0) is 0 Å².